The normalized spacial score (nSPS) is 20.4. The number of hydrogen-bond acceptors (Lipinski definition) is 3. The van der Waals surface area contributed by atoms with E-state index in [2.05, 4.69) is 5.16 Å². The summed E-state index contributed by atoms with van der Waals surface area (Å²) in [6, 6.07) is 6.39. The van der Waals surface area contributed by atoms with Crippen LogP contribution in [0.1, 0.15) is 29.6 Å². The molecule has 0 saturated carbocycles. The van der Waals surface area contributed by atoms with Crippen LogP contribution in [0.4, 0.5) is 0 Å². The smallest absolute Gasteiger partial charge is 0.254 e. The van der Waals surface area contributed by atoms with Crippen molar-refractivity contribution in [2.45, 2.75) is 25.3 Å². The largest absolute Gasteiger partial charge is 0.409 e. The first kappa shape index (κ1) is 13.7. The molecule has 1 atom stereocenters. The van der Waals surface area contributed by atoms with Crippen LogP contribution in [0.15, 0.2) is 29.4 Å². The van der Waals surface area contributed by atoms with Gasteiger partial charge in [0.1, 0.15) is 0 Å². The summed E-state index contributed by atoms with van der Waals surface area (Å²) in [5, 5.41) is 12.4. The molecule has 1 heterocycles. The van der Waals surface area contributed by atoms with Gasteiger partial charge in [-0.25, -0.2) is 0 Å². The first-order valence-electron chi connectivity index (χ1n) is 6.17. The van der Waals surface area contributed by atoms with E-state index >= 15 is 0 Å². The van der Waals surface area contributed by atoms with Gasteiger partial charge in [-0.05, 0) is 43.5 Å². The number of amidine groups is 1. The van der Waals surface area contributed by atoms with Crippen LogP contribution in [0.3, 0.4) is 0 Å². The first-order chi connectivity index (χ1) is 9.13. The Labute approximate surface area is 116 Å². The number of carbonyl (C=O) groups is 1. The molecule has 1 unspecified atom stereocenters. The van der Waals surface area contributed by atoms with Crippen LogP contribution in [0.2, 0.25) is 5.02 Å². The van der Waals surface area contributed by atoms with E-state index in [9.17, 15) is 4.79 Å². The lowest BCUT2D eigenvalue weighted by Crippen LogP contribution is -2.50. The van der Waals surface area contributed by atoms with Crippen LogP contribution in [0, 0.1) is 0 Å². The van der Waals surface area contributed by atoms with Gasteiger partial charge in [-0.2, -0.15) is 0 Å². The average Bonchev–Trinajstić information content (AvgIpc) is 2.46. The van der Waals surface area contributed by atoms with Crippen molar-refractivity contribution in [3.63, 3.8) is 0 Å². The lowest BCUT2D eigenvalue weighted by molar-refractivity contribution is 0.0676. The Morgan fingerprint density at radius 3 is 2.68 bits per heavy atom. The zero-order valence-corrected chi connectivity index (χ0v) is 11.2. The van der Waals surface area contributed by atoms with Gasteiger partial charge in [0.25, 0.3) is 5.91 Å². The molecule has 1 saturated heterocycles. The van der Waals surface area contributed by atoms with Crippen LogP contribution in [0.5, 0.6) is 0 Å². The molecular weight excluding hydrogens is 266 g/mol. The standard InChI is InChI=1S/C13H16ClN3O2/c14-10-6-4-9(5-7-10)13(18)17-8-2-1-3-11(17)12(15)16-19/h4-7,11,19H,1-3,8H2,(H2,15,16). The van der Waals surface area contributed by atoms with Gasteiger partial charge in [0.2, 0.25) is 0 Å². The molecule has 19 heavy (non-hydrogen) atoms. The predicted octanol–water partition coefficient (Wildman–Crippen LogP) is 2.08. The maximum atomic E-state index is 12.4. The Hall–Kier alpha value is -1.75. The third-order valence-corrected chi connectivity index (χ3v) is 3.56. The fourth-order valence-electron chi connectivity index (χ4n) is 2.31. The van der Waals surface area contributed by atoms with Crippen molar-refractivity contribution in [1.82, 2.24) is 4.90 Å². The molecule has 1 aromatic rings. The van der Waals surface area contributed by atoms with Crippen LogP contribution in [-0.4, -0.2) is 34.4 Å². The van der Waals surface area contributed by atoms with Crippen molar-refractivity contribution in [3.05, 3.63) is 34.9 Å². The molecule has 2 rings (SSSR count). The topological polar surface area (TPSA) is 78.9 Å². The Bertz CT molecular complexity index is 487. The second-order valence-corrected chi connectivity index (χ2v) is 4.98. The number of oxime groups is 1. The number of hydrogen-bond donors (Lipinski definition) is 2. The Morgan fingerprint density at radius 2 is 2.05 bits per heavy atom. The summed E-state index contributed by atoms with van der Waals surface area (Å²) in [6.45, 7) is 0.613. The number of benzene rings is 1. The number of halogens is 1. The number of rotatable bonds is 2. The third kappa shape index (κ3) is 2.98. The van der Waals surface area contributed by atoms with E-state index in [0.29, 0.717) is 17.1 Å². The van der Waals surface area contributed by atoms with E-state index in [1.807, 2.05) is 0 Å². The van der Waals surface area contributed by atoms with Crippen molar-refractivity contribution >= 4 is 23.3 Å². The quantitative estimate of drug-likeness (QED) is 0.377. The zero-order chi connectivity index (χ0) is 13.8. The van der Waals surface area contributed by atoms with Crippen LogP contribution >= 0.6 is 11.6 Å². The zero-order valence-electron chi connectivity index (χ0n) is 10.4. The van der Waals surface area contributed by atoms with E-state index in [1.54, 1.807) is 29.2 Å². The van der Waals surface area contributed by atoms with Crippen molar-refractivity contribution in [2.24, 2.45) is 10.9 Å². The van der Waals surface area contributed by atoms with Gasteiger partial charge in [0, 0.05) is 17.1 Å². The number of nitrogens with two attached hydrogens (primary N) is 1. The first-order valence-corrected chi connectivity index (χ1v) is 6.55. The summed E-state index contributed by atoms with van der Waals surface area (Å²) in [5.74, 6) is -0.0324. The van der Waals surface area contributed by atoms with Gasteiger partial charge in [-0.15, -0.1) is 0 Å². The fraction of sp³-hybridized carbons (Fsp3) is 0.385. The van der Waals surface area contributed by atoms with Gasteiger partial charge in [-0.3, -0.25) is 4.79 Å². The van der Waals surface area contributed by atoms with E-state index in [4.69, 9.17) is 22.5 Å². The predicted molar refractivity (Wildman–Crippen MR) is 73.5 cm³/mol. The van der Waals surface area contributed by atoms with E-state index in [1.165, 1.54) is 0 Å². The summed E-state index contributed by atoms with van der Waals surface area (Å²) in [6.07, 6.45) is 2.61. The number of likely N-dealkylation sites (tertiary alicyclic amines) is 1. The summed E-state index contributed by atoms with van der Waals surface area (Å²) in [7, 11) is 0. The molecule has 5 nitrogen and oxygen atoms in total. The lowest BCUT2D eigenvalue weighted by Gasteiger charge is -2.34. The second-order valence-electron chi connectivity index (χ2n) is 4.54. The maximum absolute atomic E-state index is 12.4. The average molecular weight is 282 g/mol. The molecule has 0 radical (unpaired) electrons. The minimum Gasteiger partial charge on any atom is -0.409 e. The fourth-order valence-corrected chi connectivity index (χ4v) is 2.43. The van der Waals surface area contributed by atoms with Crippen molar-refractivity contribution < 1.29 is 10.0 Å². The molecule has 1 aromatic carbocycles. The Balaban J connectivity index is 2.22. The summed E-state index contributed by atoms with van der Waals surface area (Å²) < 4.78 is 0. The van der Waals surface area contributed by atoms with Gasteiger partial charge in [0.15, 0.2) is 5.84 Å². The van der Waals surface area contributed by atoms with Crippen molar-refractivity contribution in [1.29, 1.82) is 0 Å². The highest BCUT2D eigenvalue weighted by atomic mass is 35.5. The third-order valence-electron chi connectivity index (χ3n) is 3.31. The molecule has 0 spiro atoms. The molecular formula is C13H16ClN3O2. The minimum absolute atomic E-state index is 0.0852. The van der Waals surface area contributed by atoms with Crippen LogP contribution in [-0.2, 0) is 0 Å². The number of piperidine rings is 1. The number of amides is 1. The maximum Gasteiger partial charge on any atom is 0.254 e. The van der Waals surface area contributed by atoms with Crippen LogP contribution < -0.4 is 5.73 Å². The van der Waals surface area contributed by atoms with Gasteiger partial charge < -0.3 is 15.8 Å². The number of carbonyl (C=O) groups excluding carboxylic acids is 1. The van der Waals surface area contributed by atoms with Crippen molar-refractivity contribution in [2.75, 3.05) is 6.54 Å². The van der Waals surface area contributed by atoms with Gasteiger partial charge in [-0.1, -0.05) is 16.8 Å². The molecule has 0 aromatic heterocycles. The highest BCUT2D eigenvalue weighted by Crippen LogP contribution is 2.20. The molecule has 3 N–H and O–H groups in total. The molecule has 1 aliphatic heterocycles. The summed E-state index contributed by atoms with van der Waals surface area (Å²) in [5.41, 5.74) is 6.22. The summed E-state index contributed by atoms with van der Waals surface area (Å²) >= 11 is 5.81. The number of nitrogens with zero attached hydrogens (tertiary/aromatic N) is 2. The molecule has 1 amide bonds. The van der Waals surface area contributed by atoms with E-state index in [-0.39, 0.29) is 17.8 Å². The van der Waals surface area contributed by atoms with E-state index < -0.39 is 0 Å². The van der Waals surface area contributed by atoms with Gasteiger partial charge in [0.05, 0.1) is 6.04 Å². The molecule has 1 aliphatic rings. The Morgan fingerprint density at radius 1 is 1.37 bits per heavy atom. The SMILES string of the molecule is NC(=NO)C1CCCCN1C(=O)c1ccc(Cl)cc1. The minimum atomic E-state index is -0.332. The highest BCUT2D eigenvalue weighted by Gasteiger charge is 2.30. The van der Waals surface area contributed by atoms with Crippen molar-refractivity contribution in [3.8, 4) is 0 Å². The van der Waals surface area contributed by atoms with E-state index in [0.717, 1.165) is 19.3 Å². The highest BCUT2D eigenvalue weighted by molar-refractivity contribution is 6.30. The monoisotopic (exact) mass is 281 g/mol. The molecule has 102 valence electrons. The van der Waals surface area contributed by atoms with Gasteiger partial charge >= 0.3 is 0 Å². The summed E-state index contributed by atoms with van der Waals surface area (Å²) in [4.78, 5) is 14.1. The molecule has 1 fully saturated rings. The molecule has 6 heteroatoms. The molecule has 0 bridgehead atoms. The second kappa shape index (κ2) is 5.93. The van der Waals surface area contributed by atoms with Crippen LogP contribution in [0.25, 0.3) is 0 Å². The lowest BCUT2D eigenvalue weighted by atomic mass is 10.00. The Kier molecular flexibility index (Phi) is 4.27. The molecule has 0 aliphatic carbocycles.